The van der Waals surface area contributed by atoms with Gasteiger partial charge >= 0.3 is 0 Å². The fourth-order valence-corrected chi connectivity index (χ4v) is 3.72. The van der Waals surface area contributed by atoms with E-state index in [1.54, 1.807) is 22.7 Å². The van der Waals surface area contributed by atoms with Gasteiger partial charge in [0.1, 0.15) is 0 Å². The van der Waals surface area contributed by atoms with E-state index in [-0.39, 0.29) is 0 Å². The lowest BCUT2D eigenvalue weighted by molar-refractivity contribution is 0.499. The molecule has 0 aliphatic rings. The molecule has 0 aliphatic heterocycles. The lowest BCUT2D eigenvalue weighted by atomic mass is 10.1. The van der Waals surface area contributed by atoms with Gasteiger partial charge in [-0.3, -0.25) is 4.98 Å². The Balaban J connectivity index is 1.77. The van der Waals surface area contributed by atoms with Gasteiger partial charge in [0.2, 0.25) is 0 Å². The maximum Gasteiger partial charge on any atom is 0.0809 e. The van der Waals surface area contributed by atoms with Gasteiger partial charge in [-0.25, -0.2) is 0 Å². The van der Waals surface area contributed by atoms with E-state index in [4.69, 9.17) is 0 Å². The van der Waals surface area contributed by atoms with Crippen LogP contribution >= 0.6 is 22.7 Å². The Bertz CT molecular complexity index is 658. The minimum Gasteiger partial charge on any atom is -0.303 e. The molecule has 0 bridgehead atoms. The predicted octanol–water partition coefficient (Wildman–Crippen LogP) is 4.77. The Morgan fingerprint density at radius 2 is 2.00 bits per heavy atom. The zero-order chi connectivity index (χ0) is 13.2. The van der Waals surface area contributed by atoms with Crippen LogP contribution in [0.15, 0.2) is 41.2 Å². The van der Waals surface area contributed by atoms with Crippen molar-refractivity contribution in [2.45, 2.75) is 25.9 Å². The molecule has 0 aromatic carbocycles. The van der Waals surface area contributed by atoms with Crippen molar-refractivity contribution in [3.8, 4) is 0 Å². The normalized spacial score (nSPS) is 14.6. The Morgan fingerprint density at radius 3 is 2.79 bits per heavy atom. The molecular weight excluding hydrogens is 272 g/mol. The standard InChI is InChI=1S/C15H16N2S2/c1-10(17-11(2)14-4-3-6-18-14)12-8-15-13(16-9-12)5-7-19-15/h3-11,17H,1-2H3/t10?,11-/m0/s1. The van der Waals surface area contributed by atoms with Gasteiger partial charge < -0.3 is 5.32 Å². The largest absolute Gasteiger partial charge is 0.303 e. The van der Waals surface area contributed by atoms with E-state index in [0.717, 1.165) is 5.52 Å². The molecule has 1 unspecified atom stereocenters. The summed E-state index contributed by atoms with van der Waals surface area (Å²) in [4.78, 5) is 5.88. The van der Waals surface area contributed by atoms with Gasteiger partial charge in [-0.1, -0.05) is 6.07 Å². The van der Waals surface area contributed by atoms with E-state index in [0.29, 0.717) is 12.1 Å². The van der Waals surface area contributed by atoms with Gasteiger partial charge in [-0.05, 0) is 48.4 Å². The minimum absolute atomic E-state index is 0.302. The molecule has 0 aliphatic carbocycles. The average molecular weight is 288 g/mol. The summed E-state index contributed by atoms with van der Waals surface area (Å²) >= 11 is 3.54. The minimum atomic E-state index is 0.302. The topological polar surface area (TPSA) is 24.9 Å². The maximum atomic E-state index is 4.51. The first-order valence-electron chi connectivity index (χ1n) is 6.36. The maximum absolute atomic E-state index is 4.51. The number of hydrogen-bond donors (Lipinski definition) is 1. The van der Waals surface area contributed by atoms with Crippen LogP contribution in [0.25, 0.3) is 10.2 Å². The number of aromatic nitrogens is 1. The number of rotatable bonds is 4. The monoisotopic (exact) mass is 288 g/mol. The summed E-state index contributed by atoms with van der Waals surface area (Å²) in [7, 11) is 0. The molecule has 2 atom stereocenters. The van der Waals surface area contributed by atoms with E-state index in [9.17, 15) is 0 Å². The van der Waals surface area contributed by atoms with Gasteiger partial charge in [-0.2, -0.15) is 0 Å². The highest BCUT2D eigenvalue weighted by Gasteiger charge is 2.12. The van der Waals surface area contributed by atoms with Crippen molar-refractivity contribution >= 4 is 32.9 Å². The van der Waals surface area contributed by atoms with Crippen LogP contribution in [-0.4, -0.2) is 4.98 Å². The van der Waals surface area contributed by atoms with Crippen LogP contribution in [0.2, 0.25) is 0 Å². The quantitative estimate of drug-likeness (QED) is 0.748. The zero-order valence-electron chi connectivity index (χ0n) is 11.0. The summed E-state index contributed by atoms with van der Waals surface area (Å²) in [5, 5.41) is 7.84. The van der Waals surface area contributed by atoms with E-state index in [1.165, 1.54) is 15.1 Å². The SMILES string of the molecule is CC(N[C@@H](C)c1cccs1)c1cnc2ccsc2c1. The smallest absolute Gasteiger partial charge is 0.0809 e. The highest BCUT2D eigenvalue weighted by molar-refractivity contribution is 7.17. The number of fused-ring (bicyclic) bond motifs is 1. The van der Waals surface area contributed by atoms with Crippen LogP contribution in [0, 0.1) is 0 Å². The Hall–Kier alpha value is -1.23. The molecule has 19 heavy (non-hydrogen) atoms. The summed E-state index contributed by atoms with van der Waals surface area (Å²) < 4.78 is 1.26. The fraction of sp³-hybridized carbons (Fsp3) is 0.267. The molecule has 2 nitrogen and oxygen atoms in total. The molecule has 0 amide bonds. The first kappa shape index (κ1) is 12.8. The summed E-state index contributed by atoms with van der Waals surface area (Å²) in [6, 6.07) is 9.25. The van der Waals surface area contributed by atoms with Gasteiger partial charge in [0.05, 0.1) is 10.2 Å². The van der Waals surface area contributed by atoms with Gasteiger partial charge in [0.15, 0.2) is 0 Å². The first-order valence-corrected chi connectivity index (χ1v) is 8.12. The van der Waals surface area contributed by atoms with Crippen molar-refractivity contribution in [1.82, 2.24) is 10.3 Å². The summed E-state index contributed by atoms with van der Waals surface area (Å²) in [6.45, 7) is 4.40. The van der Waals surface area contributed by atoms with Gasteiger partial charge in [0, 0.05) is 23.2 Å². The molecular formula is C15H16N2S2. The van der Waals surface area contributed by atoms with Crippen molar-refractivity contribution < 1.29 is 0 Å². The molecule has 0 saturated carbocycles. The Kier molecular flexibility index (Phi) is 3.64. The predicted molar refractivity (Wildman–Crippen MR) is 83.9 cm³/mol. The molecule has 3 aromatic rings. The molecule has 0 radical (unpaired) electrons. The zero-order valence-corrected chi connectivity index (χ0v) is 12.6. The lowest BCUT2D eigenvalue weighted by Gasteiger charge is -2.19. The second-order valence-electron chi connectivity index (χ2n) is 4.70. The fourth-order valence-electron chi connectivity index (χ4n) is 2.19. The van der Waals surface area contributed by atoms with E-state index < -0.39 is 0 Å². The number of nitrogens with one attached hydrogen (secondary N) is 1. The number of thiophene rings is 2. The summed E-state index contributed by atoms with van der Waals surface area (Å²) in [5.41, 5.74) is 2.34. The molecule has 98 valence electrons. The van der Waals surface area contributed by atoms with Crippen LogP contribution in [0.5, 0.6) is 0 Å². The highest BCUT2D eigenvalue weighted by atomic mass is 32.1. The first-order chi connectivity index (χ1) is 9.24. The summed E-state index contributed by atoms with van der Waals surface area (Å²) in [5.74, 6) is 0. The third-order valence-corrected chi connectivity index (χ3v) is 5.20. The number of pyridine rings is 1. The lowest BCUT2D eigenvalue weighted by Crippen LogP contribution is -2.21. The van der Waals surface area contributed by atoms with Gasteiger partial charge in [0.25, 0.3) is 0 Å². The van der Waals surface area contributed by atoms with Crippen molar-refractivity contribution in [2.24, 2.45) is 0 Å². The van der Waals surface area contributed by atoms with Crippen LogP contribution in [-0.2, 0) is 0 Å². The van der Waals surface area contributed by atoms with E-state index in [1.807, 2.05) is 6.20 Å². The van der Waals surface area contributed by atoms with Crippen LogP contribution in [0.3, 0.4) is 0 Å². The molecule has 0 fully saturated rings. The molecule has 3 rings (SSSR count). The van der Waals surface area contributed by atoms with Crippen molar-refractivity contribution in [1.29, 1.82) is 0 Å². The van der Waals surface area contributed by atoms with Crippen molar-refractivity contribution in [3.63, 3.8) is 0 Å². The van der Waals surface area contributed by atoms with Gasteiger partial charge in [-0.15, -0.1) is 22.7 Å². The van der Waals surface area contributed by atoms with Crippen LogP contribution < -0.4 is 5.32 Å². The molecule has 0 spiro atoms. The molecule has 1 N–H and O–H groups in total. The van der Waals surface area contributed by atoms with Crippen LogP contribution in [0.1, 0.15) is 36.4 Å². The average Bonchev–Trinajstić information content (AvgIpc) is 3.09. The summed E-state index contributed by atoms with van der Waals surface area (Å²) in [6.07, 6.45) is 1.98. The third kappa shape index (κ3) is 2.71. The second-order valence-corrected chi connectivity index (χ2v) is 6.63. The van der Waals surface area contributed by atoms with Crippen molar-refractivity contribution in [2.75, 3.05) is 0 Å². The van der Waals surface area contributed by atoms with E-state index >= 15 is 0 Å². The number of nitrogens with zero attached hydrogens (tertiary/aromatic N) is 1. The van der Waals surface area contributed by atoms with E-state index in [2.05, 4.69) is 59.2 Å². The molecule has 3 aromatic heterocycles. The molecule has 4 heteroatoms. The highest BCUT2D eigenvalue weighted by Crippen LogP contribution is 2.25. The Morgan fingerprint density at radius 1 is 1.11 bits per heavy atom. The Labute approximate surface area is 121 Å². The molecule has 0 saturated heterocycles. The second kappa shape index (κ2) is 5.41. The number of hydrogen-bond acceptors (Lipinski definition) is 4. The third-order valence-electron chi connectivity index (χ3n) is 3.29. The van der Waals surface area contributed by atoms with Crippen molar-refractivity contribution in [3.05, 3.63) is 51.7 Å². The molecule has 3 heterocycles. The van der Waals surface area contributed by atoms with Crippen LogP contribution in [0.4, 0.5) is 0 Å².